The summed E-state index contributed by atoms with van der Waals surface area (Å²) in [6.45, 7) is 13.1. The molecule has 0 aromatic heterocycles. The van der Waals surface area contributed by atoms with Gasteiger partial charge in [0.2, 0.25) is 0 Å². The van der Waals surface area contributed by atoms with Gasteiger partial charge < -0.3 is 4.74 Å². The average Bonchev–Trinajstić information content (AvgIpc) is 2.74. The van der Waals surface area contributed by atoms with Crippen molar-refractivity contribution in [2.45, 2.75) is 79.1 Å². The van der Waals surface area contributed by atoms with Gasteiger partial charge in [0.1, 0.15) is 5.75 Å². The number of halogens is 2. The lowest BCUT2D eigenvalue weighted by Gasteiger charge is -2.33. The minimum absolute atomic E-state index is 0.00210. The third-order valence-electron chi connectivity index (χ3n) is 6.21. The minimum Gasteiger partial charge on any atom is -0.481 e. The molecule has 1 aliphatic rings. The Hall–Kier alpha value is -1.66. The molecule has 0 spiro atoms. The van der Waals surface area contributed by atoms with Crippen molar-refractivity contribution in [2.75, 3.05) is 6.61 Å². The van der Waals surface area contributed by atoms with Gasteiger partial charge in [0.05, 0.1) is 14.7 Å². The highest BCUT2D eigenvalue weighted by molar-refractivity contribution is 9.11. The molecule has 1 N–H and O–H groups in total. The molecule has 34 heavy (non-hydrogen) atoms. The van der Waals surface area contributed by atoms with Crippen molar-refractivity contribution in [3.05, 3.63) is 61.5 Å². The predicted molar refractivity (Wildman–Crippen MR) is 148 cm³/mol. The molecule has 0 saturated heterocycles. The van der Waals surface area contributed by atoms with Crippen LogP contribution in [0.25, 0.3) is 0 Å². The van der Waals surface area contributed by atoms with Crippen molar-refractivity contribution in [3.63, 3.8) is 0 Å². The van der Waals surface area contributed by atoms with Crippen LogP contribution in [0.15, 0.2) is 44.4 Å². The highest BCUT2D eigenvalue weighted by Crippen LogP contribution is 2.42. The number of carbonyl (C=O) groups excluding carboxylic acids is 1. The number of hydrogen-bond acceptors (Lipinski definition) is 3. The molecule has 4 nitrogen and oxygen atoms in total. The summed E-state index contributed by atoms with van der Waals surface area (Å²) in [6.07, 6.45) is 5.82. The number of amides is 1. The summed E-state index contributed by atoms with van der Waals surface area (Å²) >= 11 is 7.26. The number of ether oxygens (including phenoxy) is 1. The second kappa shape index (κ2) is 10.9. The van der Waals surface area contributed by atoms with Gasteiger partial charge in [-0.3, -0.25) is 4.79 Å². The summed E-state index contributed by atoms with van der Waals surface area (Å²) in [5.41, 5.74) is 8.72. The van der Waals surface area contributed by atoms with Crippen molar-refractivity contribution < 1.29 is 9.53 Å². The van der Waals surface area contributed by atoms with Gasteiger partial charge in [-0.25, -0.2) is 5.43 Å². The van der Waals surface area contributed by atoms with E-state index in [1.165, 1.54) is 29.5 Å². The summed E-state index contributed by atoms with van der Waals surface area (Å²) < 4.78 is 7.47. The van der Waals surface area contributed by atoms with Gasteiger partial charge in [-0.2, -0.15) is 5.10 Å². The third kappa shape index (κ3) is 7.17. The second-order valence-corrected chi connectivity index (χ2v) is 12.8. The van der Waals surface area contributed by atoms with Crippen molar-refractivity contribution in [1.29, 1.82) is 0 Å². The van der Waals surface area contributed by atoms with Crippen molar-refractivity contribution >= 4 is 43.5 Å². The largest absolute Gasteiger partial charge is 0.481 e. The van der Waals surface area contributed by atoms with Gasteiger partial charge in [-0.05, 0) is 122 Å². The molecule has 0 fully saturated rings. The summed E-state index contributed by atoms with van der Waals surface area (Å²) in [7, 11) is 0. The normalized spacial score (nSPS) is 14.5. The van der Waals surface area contributed by atoms with Gasteiger partial charge >= 0.3 is 0 Å². The number of nitrogens with zero attached hydrogens (tertiary/aromatic N) is 1. The van der Waals surface area contributed by atoms with Crippen LogP contribution in [0.3, 0.4) is 0 Å². The zero-order valence-corrected chi connectivity index (χ0v) is 24.3. The van der Waals surface area contributed by atoms with Crippen LogP contribution in [0.5, 0.6) is 5.75 Å². The number of aryl methyl sites for hydroxylation is 2. The Morgan fingerprint density at radius 3 is 2.24 bits per heavy atom. The lowest BCUT2D eigenvalue weighted by molar-refractivity contribution is -0.123. The van der Waals surface area contributed by atoms with E-state index in [9.17, 15) is 4.79 Å². The molecule has 1 aliphatic carbocycles. The molecule has 0 bridgehead atoms. The molecular formula is C28H36Br2N2O2. The maximum Gasteiger partial charge on any atom is 0.277 e. The molecule has 0 saturated carbocycles. The monoisotopic (exact) mass is 590 g/mol. The quantitative estimate of drug-likeness (QED) is 0.265. The van der Waals surface area contributed by atoms with E-state index in [1.54, 1.807) is 0 Å². The van der Waals surface area contributed by atoms with E-state index in [-0.39, 0.29) is 23.3 Å². The van der Waals surface area contributed by atoms with Gasteiger partial charge in [0, 0.05) is 0 Å². The molecule has 2 aromatic rings. The first-order valence-electron chi connectivity index (χ1n) is 11.9. The van der Waals surface area contributed by atoms with Crippen molar-refractivity contribution in [3.8, 4) is 5.75 Å². The smallest absolute Gasteiger partial charge is 0.277 e. The molecule has 0 radical (unpaired) electrons. The molecular weight excluding hydrogens is 556 g/mol. The van der Waals surface area contributed by atoms with E-state index in [4.69, 9.17) is 4.74 Å². The topological polar surface area (TPSA) is 50.7 Å². The Morgan fingerprint density at radius 1 is 1.00 bits per heavy atom. The molecule has 2 aromatic carbocycles. The van der Waals surface area contributed by atoms with Crippen LogP contribution in [-0.2, 0) is 23.1 Å². The van der Waals surface area contributed by atoms with E-state index >= 15 is 0 Å². The fourth-order valence-electron chi connectivity index (χ4n) is 4.86. The fourth-order valence-corrected chi connectivity index (χ4v) is 6.27. The van der Waals surface area contributed by atoms with Crippen LogP contribution >= 0.6 is 31.9 Å². The Labute approximate surface area is 221 Å². The predicted octanol–water partition coefficient (Wildman–Crippen LogP) is 7.72. The lowest BCUT2D eigenvalue weighted by Crippen LogP contribution is -2.26. The highest BCUT2D eigenvalue weighted by Gasteiger charge is 2.28. The van der Waals surface area contributed by atoms with E-state index in [0.717, 1.165) is 39.5 Å². The number of benzene rings is 2. The molecule has 3 rings (SSSR count). The van der Waals surface area contributed by atoms with Crippen molar-refractivity contribution in [1.82, 2.24) is 5.43 Å². The number of rotatable bonds is 7. The molecule has 184 valence electrons. The summed E-state index contributed by atoms with van der Waals surface area (Å²) in [5, 5.41) is 4.29. The first-order valence-corrected chi connectivity index (χ1v) is 13.5. The minimum atomic E-state index is -0.298. The Balaban J connectivity index is 1.62. The summed E-state index contributed by atoms with van der Waals surface area (Å²) in [5.74, 6) is 0.314. The molecule has 0 heterocycles. The SMILES string of the molecule is CC(=NNC(=O)COc1c(Br)cc(C(C)(C)CC(C)(C)C)cc1Br)c1ccc2c(c1)CCCC2. The number of carbonyl (C=O) groups is 1. The Kier molecular flexibility index (Phi) is 8.67. The summed E-state index contributed by atoms with van der Waals surface area (Å²) in [6, 6.07) is 10.6. The van der Waals surface area contributed by atoms with E-state index < -0.39 is 0 Å². The van der Waals surface area contributed by atoms with Crippen LogP contribution < -0.4 is 10.2 Å². The first-order chi connectivity index (χ1) is 15.9. The van der Waals surface area contributed by atoms with Crippen LogP contribution in [0.1, 0.15) is 83.1 Å². The Morgan fingerprint density at radius 2 is 1.62 bits per heavy atom. The van der Waals surface area contributed by atoms with E-state index in [1.807, 2.05) is 6.92 Å². The third-order valence-corrected chi connectivity index (χ3v) is 7.39. The molecule has 0 atom stereocenters. The van der Waals surface area contributed by atoms with Gasteiger partial charge in [0.25, 0.3) is 5.91 Å². The number of hydrogen-bond donors (Lipinski definition) is 1. The molecule has 1 amide bonds. The van der Waals surface area contributed by atoms with Gasteiger partial charge in [-0.15, -0.1) is 0 Å². The number of nitrogens with one attached hydrogen (secondary N) is 1. The number of hydrazone groups is 1. The highest BCUT2D eigenvalue weighted by atomic mass is 79.9. The van der Waals surface area contributed by atoms with Gasteiger partial charge in [-0.1, -0.05) is 46.8 Å². The fraction of sp³-hybridized carbons (Fsp3) is 0.500. The lowest BCUT2D eigenvalue weighted by atomic mass is 9.72. The maximum atomic E-state index is 12.4. The van der Waals surface area contributed by atoms with E-state index in [2.05, 4.69) is 107 Å². The molecule has 0 aliphatic heterocycles. The standard InChI is InChI=1S/C28H36Br2N2O2/c1-18(20-12-11-19-9-7-8-10-21(19)13-20)31-32-25(33)16-34-26-23(29)14-22(15-24(26)30)28(5,6)17-27(2,3)4/h11-15H,7-10,16-17H2,1-6H3,(H,32,33). The van der Waals surface area contributed by atoms with Crippen LogP contribution in [0.2, 0.25) is 0 Å². The van der Waals surface area contributed by atoms with Crippen LogP contribution in [0, 0.1) is 5.41 Å². The zero-order valence-electron chi connectivity index (χ0n) is 21.1. The van der Waals surface area contributed by atoms with Crippen LogP contribution in [0.4, 0.5) is 0 Å². The van der Waals surface area contributed by atoms with Crippen LogP contribution in [-0.4, -0.2) is 18.2 Å². The first kappa shape index (κ1) is 26.9. The molecule has 0 unspecified atom stereocenters. The molecule has 6 heteroatoms. The maximum absolute atomic E-state index is 12.4. The number of fused-ring (bicyclic) bond motifs is 1. The van der Waals surface area contributed by atoms with E-state index in [0.29, 0.717) is 5.75 Å². The van der Waals surface area contributed by atoms with Gasteiger partial charge in [0.15, 0.2) is 6.61 Å². The average molecular weight is 592 g/mol. The second-order valence-electron chi connectivity index (χ2n) is 11.1. The Bertz CT molecular complexity index is 1060. The van der Waals surface area contributed by atoms with Crippen molar-refractivity contribution in [2.24, 2.45) is 10.5 Å². The zero-order chi connectivity index (χ0) is 25.1. The summed E-state index contributed by atoms with van der Waals surface area (Å²) in [4.78, 5) is 12.4.